The Morgan fingerprint density at radius 1 is 1.19 bits per heavy atom. The maximum Gasteiger partial charge on any atom is 0.363 e. The summed E-state index contributed by atoms with van der Waals surface area (Å²) in [6, 6.07) is 12.5. The third-order valence-electron chi connectivity index (χ3n) is 3.97. The van der Waals surface area contributed by atoms with Crippen LogP contribution in [-0.2, 0) is 9.53 Å². The van der Waals surface area contributed by atoms with Crippen LogP contribution in [0.4, 0.5) is 0 Å². The zero-order valence-corrected chi connectivity index (χ0v) is 16.0. The Hall–Kier alpha value is -2.79. The highest BCUT2D eigenvalue weighted by atomic mass is 35.5. The van der Waals surface area contributed by atoms with Crippen molar-refractivity contribution < 1.29 is 19.0 Å². The smallest absolute Gasteiger partial charge is 0.363 e. The predicted molar refractivity (Wildman–Crippen MR) is 105 cm³/mol. The van der Waals surface area contributed by atoms with E-state index in [4.69, 9.17) is 25.8 Å². The van der Waals surface area contributed by atoms with Crippen LogP contribution in [0.5, 0.6) is 11.5 Å². The van der Waals surface area contributed by atoms with E-state index < -0.39 is 5.97 Å². The molecule has 0 radical (unpaired) electrons. The van der Waals surface area contributed by atoms with Gasteiger partial charge in [0, 0.05) is 0 Å². The first-order valence-corrected chi connectivity index (χ1v) is 9.08. The van der Waals surface area contributed by atoms with Gasteiger partial charge in [0.2, 0.25) is 5.90 Å². The van der Waals surface area contributed by atoms with Crippen molar-refractivity contribution in [2.45, 2.75) is 19.8 Å². The highest BCUT2D eigenvalue weighted by Gasteiger charge is 2.25. The van der Waals surface area contributed by atoms with Crippen LogP contribution in [0.1, 0.15) is 30.9 Å². The van der Waals surface area contributed by atoms with Crippen LogP contribution in [0, 0.1) is 0 Å². The third kappa shape index (κ3) is 4.49. The molecule has 6 heteroatoms. The van der Waals surface area contributed by atoms with E-state index in [2.05, 4.69) is 11.9 Å². The predicted octanol–water partition coefficient (Wildman–Crippen LogP) is 4.87. The van der Waals surface area contributed by atoms with Gasteiger partial charge < -0.3 is 14.2 Å². The third-order valence-corrected chi connectivity index (χ3v) is 4.30. The molecule has 1 heterocycles. The van der Waals surface area contributed by atoms with Crippen LogP contribution in [0.15, 0.2) is 53.2 Å². The second-order valence-electron chi connectivity index (χ2n) is 5.93. The number of hydrogen-bond acceptors (Lipinski definition) is 5. The summed E-state index contributed by atoms with van der Waals surface area (Å²) >= 11 is 6.15. The second-order valence-corrected chi connectivity index (χ2v) is 6.34. The highest BCUT2D eigenvalue weighted by Crippen LogP contribution is 2.30. The van der Waals surface area contributed by atoms with E-state index >= 15 is 0 Å². The molecule has 0 saturated heterocycles. The molecular weight excluding hydrogens is 366 g/mol. The van der Waals surface area contributed by atoms with Crippen LogP contribution >= 0.6 is 11.6 Å². The summed E-state index contributed by atoms with van der Waals surface area (Å²) in [6.07, 6.45) is 3.67. The maximum atomic E-state index is 12.2. The first-order valence-electron chi connectivity index (χ1n) is 8.70. The molecule has 1 aliphatic heterocycles. The number of nitrogens with zero attached hydrogens (tertiary/aromatic N) is 1. The minimum absolute atomic E-state index is 0.198. The van der Waals surface area contributed by atoms with Gasteiger partial charge in [0.25, 0.3) is 0 Å². The fourth-order valence-corrected chi connectivity index (χ4v) is 2.75. The Morgan fingerprint density at radius 2 is 2.00 bits per heavy atom. The zero-order valence-electron chi connectivity index (χ0n) is 15.2. The molecule has 140 valence electrons. The van der Waals surface area contributed by atoms with Crippen LogP contribution in [0.3, 0.4) is 0 Å². The molecule has 0 saturated carbocycles. The van der Waals surface area contributed by atoms with Crippen molar-refractivity contribution in [3.63, 3.8) is 0 Å². The number of carbonyl (C=O) groups excluding carboxylic acids is 1. The quantitative estimate of drug-likeness (QED) is 0.387. The average molecular weight is 386 g/mol. The van der Waals surface area contributed by atoms with E-state index in [0.29, 0.717) is 28.7 Å². The number of unbranched alkanes of at least 4 members (excludes halogenated alkanes) is 1. The van der Waals surface area contributed by atoms with E-state index in [-0.39, 0.29) is 11.6 Å². The number of esters is 1. The lowest BCUT2D eigenvalue weighted by molar-refractivity contribution is -0.129. The van der Waals surface area contributed by atoms with E-state index in [1.165, 1.54) is 0 Å². The SMILES string of the molecule is CCCCOc1ccc(/C=C2\N=C(c3ccccc3Cl)OC2=O)cc1OC. The summed E-state index contributed by atoms with van der Waals surface area (Å²) in [4.78, 5) is 16.4. The summed E-state index contributed by atoms with van der Waals surface area (Å²) in [7, 11) is 1.58. The lowest BCUT2D eigenvalue weighted by Gasteiger charge is -2.10. The van der Waals surface area contributed by atoms with Gasteiger partial charge in [0.1, 0.15) is 0 Å². The monoisotopic (exact) mass is 385 g/mol. The Labute approximate surface area is 163 Å². The van der Waals surface area contributed by atoms with Gasteiger partial charge in [0.05, 0.1) is 24.3 Å². The molecule has 1 aliphatic rings. The van der Waals surface area contributed by atoms with Crippen molar-refractivity contribution in [3.05, 3.63) is 64.3 Å². The van der Waals surface area contributed by atoms with E-state index in [1.54, 1.807) is 43.5 Å². The van der Waals surface area contributed by atoms with Crippen molar-refractivity contribution in [2.75, 3.05) is 13.7 Å². The molecule has 3 rings (SSSR count). The minimum atomic E-state index is -0.521. The largest absolute Gasteiger partial charge is 0.493 e. The summed E-state index contributed by atoms with van der Waals surface area (Å²) in [5.41, 5.74) is 1.53. The van der Waals surface area contributed by atoms with Crippen molar-refractivity contribution in [3.8, 4) is 11.5 Å². The first-order chi connectivity index (χ1) is 13.1. The van der Waals surface area contributed by atoms with E-state index in [9.17, 15) is 4.79 Å². The van der Waals surface area contributed by atoms with Crippen LogP contribution in [-0.4, -0.2) is 25.6 Å². The van der Waals surface area contributed by atoms with Gasteiger partial charge in [-0.1, -0.05) is 43.1 Å². The highest BCUT2D eigenvalue weighted by molar-refractivity contribution is 6.34. The topological polar surface area (TPSA) is 57.1 Å². The Kier molecular flexibility index (Phi) is 6.14. The van der Waals surface area contributed by atoms with Crippen molar-refractivity contribution in [1.82, 2.24) is 0 Å². The average Bonchev–Trinajstić information content (AvgIpc) is 3.03. The van der Waals surface area contributed by atoms with Gasteiger partial charge in [-0.2, -0.15) is 0 Å². The summed E-state index contributed by atoms with van der Waals surface area (Å²) < 4.78 is 16.4. The number of halogens is 1. The van der Waals surface area contributed by atoms with Crippen molar-refractivity contribution in [2.24, 2.45) is 4.99 Å². The fourth-order valence-electron chi connectivity index (χ4n) is 2.54. The molecule has 2 aromatic rings. The zero-order chi connectivity index (χ0) is 19.2. The maximum absolute atomic E-state index is 12.2. The molecule has 0 unspecified atom stereocenters. The number of ether oxygens (including phenoxy) is 3. The number of aliphatic imine (C=N–C) groups is 1. The normalized spacial score (nSPS) is 14.9. The Bertz CT molecular complexity index is 905. The molecule has 0 spiro atoms. The number of carbonyl (C=O) groups is 1. The van der Waals surface area contributed by atoms with Gasteiger partial charge in [-0.15, -0.1) is 0 Å². The van der Waals surface area contributed by atoms with Crippen molar-refractivity contribution >= 4 is 29.5 Å². The van der Waals surface area contributed by atoms with E-state index in [1.807, 2.05) is 12.1 Å². The number of methoxy groups -OCH3 is 1. The molecule has 27 heavy (non-hydrogen) atoms. The first kappa shape index (κ1) is 19.0. The van der Waals surface area contributed by atoms with Gasteiger partial charge in [-0.3, -0.25) is 0 Å². The molecular formula is C21H20ClNO4. The molecule has 0 amide bonds. The van der Waals surface area contributed by atoms with Gasteiger partial charge in [0.15, 0.2) is 17.2 Å². The molecule has 0 bridgehead atoms. The number of cyclic esters (lactones) is 1. The van der Waals surface area contributed by atoms with Crippen LogP contribution in [0.2, 0.25) is 5.02 Å². The molecule has 0 atom stereocenters. The minimum Gasteiger partial charge on any atom is -0.493 e. The fraction of sp³-hybridized carbons (Fsp3) is 0.238. The van der Waals surface area contributed by atoms with Gasteiger partial charge >= 0.3 is 5.97 Å². The van der Waals surface area contributed by atoms with Crippen molar-refractivity contribution in [1.29, 1.82) is 0 Å². The standard InChI is InChI=1S/C21H20ClNO4/c1-3-4-11-26-18-10-9-14(13-19(18)25-2)12-17-21(24)27-20(23-17)15-7-5-6-8-16(15)22/h5-10,12-13H,3-4,11H2,1-2H3/b17-12-. The summed E-state index contributed by atoms with van der Waals surface area (Å²) in [5, 5.41) is 0.473. The molecule has 2 aromatic carbocycles. The number of rotatable bonds is 7. The molecule has 0 fully saturated rings. The number of benzene rings is 2. The lowest BCUT2D eigenvalue weighted by Crippen LogP contribution is -2.05. The Morgan fingerprint density at radius 3 is 2.74 bits per heavy atom. The molecule has 0 N–H and O–H groups in total. The van der Waals surface area contributed by atoms with Crippen LogP contribution < -0.4 is 9.47 Å². The second kappa shape index (κ2) is 8.73. The molecule has 0 aromatic heterocycles. The lowest BCUT2D eigenvalue weighted by atomic mass is 10.1. The summed E-state index contributed by atoms with van der Waals surface area (Å²) in [6.45, 7) is 2.74. The van der Waals surface area contributed by atoms with E-state index in [0.717, 1.165) is 18.4 Å². The van der Waals surface area contributed by atoms with Crippen LogP contribution in [0.25, 0.3) is 6.08 Å². The van der Waals surface area contributed by atoms with Gasteiger partial charge in [-0.05, 0) is 42.3 Å². The van der Waals surface area contributed by atoms with Gasteiger partial charge in [-0.25, -0.2) is 9.79 Å². The summed E-state index contributed by atoms with van der Waals surface area (Å²) in [5.74, 6) is 0.944. The molecule has 5 nitrogen and oxygen atoms in total. The molecule has 0 aliphatic carbocycles. The number of hydrogen-bond donors (Lipinski definition) is 0. The Balaban J connectivity index is 1.85.